The molecule has 22 heavy (non-hydrogen) atoms. The molecule has 0 bridgehead atoms. The van der Waals surface area contributed by atoms with Gasteiger partial charge in [0.1, 0.15) is 5.75 Å². The van der Waals surface area contributed by atoms with E-state index in [4.69, 9.17) is 15.2 Å². The fraction of sp³-hybridized carbons (Fsp3) is 0.588. The fourth-order valence-corrected chi connectivity index (χ4v) is 2.71. The first-order valence-electron chi connectivity index (χ1n) is 7.87. The van der Waals surface area contributed by atoms with Crippen LogP contribution < -0.4 is 10.5 Å². The molecule has 0 aliphatic carbocycles. The fourth-order valence-electron chi connectivity index (χ4n) is 2.71. The Bertz CT molecular complexity index is 483. The minimum absolute atomic E-state index is 0.0768. The van der Waals surface area contributed by atoms with Gasteiger partial charge in [0.15, 0.2) is 0 Å². The van der Waals surface area contributed by atoms with Crippen LogP contribution in [0.1, 0.15) is 31.7 Å². The van der Waals surface area contributed by atoms with Crippen LogP contribution in [-0.4, -0.2) is 43.2 Å². The van der Waals surface area contributed by atoms with E-state index in [1.54, 1.807) is 7.11 Å². The number of rotatable bonds is 6. The number of hydrogen-bond donors (Lipinski definition) is 1. The predicted molar refractivity (Wildman–Crippen MR) is 85.7 cm³/mol. The van der Waals surface area contributed by atoms with Crippen molar-refractivity contribution in [1.82, 2.24) is 4.90 Å². The molecule has 1 amide bonds. The maximum Gasteiger partial charge on any atom is 0.224 e. The predicted octanol–water partition coefficient (Wildman–Crippen LogP) is 1.94. The molecule has 5 heteroatoms. The highest BCUT2D eigenvalue weighted by Crippen LogP contribution is 2.21. The molecule has 1 atom stereocenters. The normalized spacial score (nSPS) is 17.3. The average Bonchev–Trinajstić information content (AvgIpc) is 2.53. The van der Waals surface area contributed by atoms with E-state index in [1.165, 1.54) is 0 Å². The number of para-hydroxylation sites is 1. The monoisotopic (exact) mass is 306 g/mol. The molecule has 1 fully saturated rings. The quantitative estimate of drug-likeness (QED) is 0.872. The third-order valence-electron chi connectivity index (χ3n) is 3.96. The highest BCUT2D eigenvalue weighted by molar-refractivity contribution is 5.76. The van der Waals surface area contributed by atoms with Crippen molar-refractivity contribution >= 4 is 5.91 Å². The lowest BCUT2D eigenvalue weighted by molar-refractivity contribution is -0.134. The second kappa shape index (κ2) is 8.15. The van der Waals surface area contributed by atoms with Crippen molar-refractivity contribution < 1.29 is 14.3 Å². The van der Waals surface area contributed by atoms with Crippen molar-refractivity contribution in [2.45, 2.75) is 44.9 Å². The van der Waals surface area contributed by atoms with Gasteiger partial charge in [0.05, 0.1) is 19.8 Å². The highest BCUT2D eigenvalue weighted by atomic mass is 16.5. The lowest BCUT2D eigenvalue weighted by Crippen LogP contribution is -2.42. The molecule has 2 rings (SSSR count). The summed E-state index contributed by atoms with van der Waals surface area (Å²) in [6.45, 7) is 3.91. The van der Waals surface area contributed by atoms with Gasteiger partial charge in [-0.3, -0.25) is 4.79 Å². The number of ether oxygens (including phenoxy) is 2. The molecule has 1 aromatic rings. The molecule has 1 unspecified atom stereocenters. The molecule has 122 valence electrons. The van der Waals surface area contributed by atoms with Crippen LogP contribution in [-0.2, 0) is 16.1 Å². The Morgan fingerprint density at radius 3 is 2.68 bits per heavy atom. The Morgan fingerprint density at radius 1 is 1.36 bits per heavy atom. The number of carbonyl (C=O) groups excluding carboxylic acids is 1. The maximum atomic E-state index is 12.0. The van der Waals surface area contributed by atoms with Crippen LogP contribution in [0.15, 0.2) is 24.3 Å². The Hall–Kier alpha value is -1.59. The van der Waals surface area contributed by atoms with Gasteiger partial charge in [0.2, 0.25) is 5.91 Å². The van der Waals surface area contributed by atoms with E-state index in [0.717, 1.165) is 37.2 Å². The van der Waals surface area contributed by atoms with Gasteiger partial charge < -0.3 is 20.1 Å². The highest BCUT2D eigenvalue weighted by Gasteiger charge is 2.23. The first-order valence-corrected chi connectivity index (χ1v) is 7.87. The number of nitrogens with zero attached hydrogens (tertiary/aromatic N) is 1. The van der Waals surface area contributed by atoms with E-state index in [-0.39, 0.29) is 18.1 Å². The Balaban J connectivity index is 1.77. The zero-order valence-electron chi connectivity index (χ0n) is 13.5. The molecular weight excluding hydrogens is 280 g/mol. The maximum absolute atomic E-state index is 12.0. The van der Waals surface area contributed by atoms with E-state index in [1.807, 2.05) is 36.1 Å². The first kappa shape index (κ1) is 16.8. The van der Waals surface area contributed by atoms with Gasteiger partial charge in [0.25, 0.3) is 0 Å². The number of hydrogen-bond acceptors (Lipinski definition) is 4. The van der Waals surface area contributed by atoms with Crippen LogP contribution in [0.5, 0.6) is 5.75 Å². The summed E-state index contributed by atoms with van der Waals surface area (Å²) >= 11 is 0. The molecule has 0 spiro atoms. The molecule has 0 saturated carbocycles. The van der Waals surface area contributed by atoms with Gasteiger partial charge in [-0.2, -0.15) is 0 Å². The van der Waals surface area contributed by atoms with Crippen molar-refractivity contribution in [2.24, 2.45) is 5.73 Å². The van der Waals surface area contributed by atoms with Gasteiger partial charge in [-0.05, 0) is 25.8 Å². The minimum atomic E-state index is -0.0768. The molecule has 1 aliphatic heterocycles. The molecule has 1 heterocycles. The second-order valence-corrected chi connectivity index (χ2v) is 5.88. The third-order valence-corrected chi connectivity index (χ3v) is 3.96. The van der Waals surface area contributed by atoms with Gasteiger partial charge in [-0.1, -0.05) is 18.2 Å². The standard InChI is InChI=1S/C17H26N2O3/c1-13(18)11-17(20)19-9-7-15(8-10-19)22-12-14-5-3-4-6-16(14)21-2/h3-6,13,15H,7-12,18H2,1-2H3. The van der Waals surface area contributed by atoms with E-state index < -0.39 is 0 Å². The number of carbonyl (C=O) groups is 1. The summed E-state index contributed by atoms with van der Waals surface area (Å²) in [5, 5.41) is 0. The Kier molecular flexibility index (Phi) is 6.21. The van der Waals surface area contributed by atoms with Crippen LogP contribution in [0.3, 0.4) is 0 Å². The summed E-state index contributed by atoms with van der Waals surface area (Å²) < 4.78 is 11.3. The number of methoxy groups -OCH3 is 1. The van der Waals surface area contributed by atoms with Gasteiger partial charge in [-0.25, -0.2) is 0 Å². The van der Waals surface area contributed by atoms with E-state index in [0.29, 0.717) is 13.0 Å². The SMILES string of the molecule is COc1ccccc1COC1CCN(C(=O)CC(C)N)CC1. The summed E-state index contributed by atoms with van der Waals surface area (Å²) in [7, 11) is 1.67. The molecular formula is C17H26N2O3. The molecule has 0 aromatic heterocycles. The first-order chi connectivity index (χ1) is 10.6. The molecule has 0 radical (unpaired) electrons. The summed E-state index contributed by atoms with van der Waals surface area (Å²) in [5.74, 6) is 1.00. The lowest BCUT2D eigenvalue weighted by Gasteiger charge is -2.32. The molecule has 1 aromatic carbocycles. The van der Waals surface area contributed by atoms with Crippen molar-refractivity contribution in [1.29, 1.82) is 0 Å². The van der Waals surface area contributed by atoms with Gasteiger partial charge >= 0.3 is 0 Å². The molecule has 1 aliphatic rings. The Morgan fingerprint density at radius 2 is 2.05 bits per heavy atom. The number of likely N-dealkylation sites (tertiary alicyclic amines) is 1. The zero-order valence-corrected chi connectivity index (χ0v) is 13.5. The van der Waals surface area contributed by atoms with Crippen molar-refractivity contribution in [3.8, 4) is 5.75 Å². The number of nitrogens with two attached hydrogens (primary N) is 1. The molecule has 1 saturated heterocycles. The van der Waals surface area contributed by atoms with Crippen LogP contribution in [0.2, 0.25) is 0 Å². The van der Waals surface area contributed by atoms with Crippen LogP contribution in [0.4, 0.5) is 0 Å². The summed E-state index contributed by atoms with van der Waals surface area (Å²) in [4.78, 5) is 13.9. The lowest BCUT2D eigenvalue weighted by atomic mass is 10.1. The summed E-state index contributed by atoms with van der Waals surface area (Å²) in [5.41, 5.74) is 6.74. The van der Waals surface area contributed by atoms with Gasteiger partial charge in [0, 0.05) is 31.1 Å². The average molecular weight is 306 g/mol. The van der Waals surface area contributed by atoms with Crippen LogP contribution >= 0.6 is 0 Å². The molecule has 5 nitrogen and oxygen atoms in total. The van der Waals surface area contributed by atoms with E-state index in [2.05, 4.69) is 0 Å². The van der Waals surface area contributed by atoms with Gasteiger partial charge in [-0.15, -0.1) is 0 Å². The number of benzene rings is 1. The van der Waals surface area contributed by atoms with Crippen LogP contribution in [0, 0.1) is 0 Å². The summed E-state index contributed by atoms with van der Waals surface area (Å²) in [6, 6.07) is 7.81. The van der Waals surface area contributed by atoms with E-state index in [9.17, 15) is 4.79 Å². The largest absolute Gasteiger partial charge is 0.496 e. The Labute approximate surface area is 132 Å². The zero-order chi connectivity index (χ0) is 15.9. The third kappa shape index (κ3) is 4.71. The molecule has 2 N–H and O–H groups in total. The second-order valence-electron chi connectivity index (χ2n) is 5.88. The van der Waals surface area contributed by atoms with Crippen molar-refractivity contribution in [3.05, 3.63) is 29.8 Å². The number of piperidine rings is 1. The number of amides is 1. The van der Waals surface area contributed by atoms with Crippen molar-refractivity contribution in [2.75, 3.05) is 20.2 Å². The topological polar surface area (TPSA) is 64.8 Å². The summed E-state index contributed by atoms with van der Waals surface area (Å²) in [6.07, 6.45) is 2.37. The van der Waals surface area contributed by atoms with E-state index >= 15 is 0 Å². The van der Waals surface area contributed by atoms with Crippen LogP contribution in [0.25, 0.3) is 0 Å². The minimum Gasteiger partial charge on any atom is -0.496 e. The van der Waals surface area contributed by atoms with Crippen molar-refractivity contribution in [3.63, 3.8) is 0 Å². The smallest absolute Gasteiger partial charge is 0.224 e.